The smallest absolute Gasteiger partial charge is 0.195 e. The number of halogens is 4. The van der Waals surface area contributed by atoms with E-state index in [-0.39, 0.29) is 11.4 Å². The van der Waals surface area contributed by atoms with Crippen molar-refractivity contribution in [2.45, 2.75) is 0 Å². The Kier molecular flexibility index (Phi) is 3.21. The van der Waals surface area contributed by atoms with Gasteiger partial charge in [0.2, 0.25) is 0 Å². The van der Waals surface area contributed by atoms with Gasteiger partial charge >= 0.3 is 0 Å². The van der Waals surface area contributed by atoms with Crippen LogP contribution in [-0.2, 0) is 0 Å². The molecule has 0 aliphatic carbocycles. The standard InChI is InChI=1S/C9H4ClF3/c10-5-1-2-6-3-4-7(11)9(13)8(6)12/h3-4H,5H2. The second-order valence-electron chi connectivity index (χ2n) is 2.16. The second-order valence-corrected chi connectivity index (χ2v) is 2.43. The van der Waals surface area contributed by atoms with Crippen LogP contribution in [0.1, 0.15) is 5.56 Å². The van der Waals surface area contributed by atoms with Gasteiger partial charge < -0.3 is 0 Å². The maximum atomic E-state index is 12.8. The first-order valence-electron chi connectivity index (χ1n) is 3.35. The molecular formula is C9H4ClF3. The van der Waals surface area contributed by atoms with Crippen molar-refractivity contribution in [3.8, 4) is 11.8 Å². The summed E-state index contributed by atoms with van der Waals surface area (Å²) < 4.78 is 37.8. The Balaban J connectivity index is 3.18. The van der Waals surface area contributed by atoms with Crippen molar-refractivity contribution in [2.24, 2.45) is 0 Å². The van der Waals surface area contributed by atoms with Crippen molar-refractivity contribution >= 4 is 11.6 Å². The second kappa shape index (κ2) is 4.20. The van der Waals surface area contributed by atoms with Crippen LogP contribution in [0.5, 0.6) is 0 Å². The number of rotatable bonds is 0. The Morgan fingerprint density at radius 1 is 1.15 bits per heavy atom. The van der Waals surface area contributed by atoms with E-state index in [1.54, 1.807) is 0 Å². The van der Waals surface area contributed by atoms with Gasteiger partial charge in [-0.15, -0.1) is 11.6 Å². The zero-order valence-corrected chi connectivity index (χ0v) is 7.13. The number of benzene rings is 1. The first-order valence-corrected chi connectivity index (χ1v) is 3.88. The van der Waals surface area contributed by atoms with E-state index in [2.05, 4.69) is 11.8 Å². The minimum Gasteiger partial charge on any atom is -0.204 e. The van der Waals surface area contributed by atoms with Crippen LogP contribution in [-0.4, -0.2) is 5.88 Å². The van der Waals surface area contributed by atoms with E-state index >= 15 is 0 Å². The Labute approximate surface area is 78.3 Å². The Bertz CT molecular complexity index is 376. The predicted octanol–water partition coefficient (Wildman–Crippen LogP) is 2.69. The first kappa shape index (κ1) is 9.94. The number of hydrogen-bond donors (Lipinski definition) is 0. The normalized spacial score (nSPS) is 9.23. The van der Waals surface area contributed by atoms with E-state index in [1.165, 1.54) is 0 Å². The summed E-state index contributed by atoms with van der Waals surface area (Å²) in [6.07, 6.45) is 0. The van der Waals surface area contributed by atoms with Crippen molar-refractivity contribution in [1.29, 1.82) is 0 Å². The van der Waals surface area contributed by atoms with Gasteiger partial charge in [0.25, 0.3) is 0 Å². The molecule has 4 heteroatoms. The maximum Gasteiger partial charge on any atom is 0.195 e. The lowest BCUT2D eigenvalue weighted by Crippen LogP contribution is -1.93. The van der Waals surface area contributed by atoms with Gasteiger partial charge in [-0.2, -0.15) is 0 Å². The van der Waals surface area contributed by atoms with Gasteiger partial charge in [-0.25, -0.2) is 13.2 Å². The summed E-state index contributed by atoms with van der Waals surface area (Å²) in [4.78, 5) is 0. The molecule has 0 N–H and O–H groups in total. The molecule has 0 aromatic heterocycles. The summed E-state index contributed by atoms with van der Waals surface area (Å²) in [6.45, 7) is 0. The summed E-state index contributed by atoms with van der Waals surface area (Å²) in [5, 5.41) is 0. The van der Waals surface area contributed by atoms with Crippen LogP contribution in [0.25, 0.3) is 0 Å². The summed E-state index contributed by atoms with van der Waals surface area (Å²) in [7, 11) is 0. The van der Waals surface area contributed by atoms with Crippen molar-refractivity contribution in [3.05, 3.63) is 35.1 Å². The van der Waals surface area contributed by atoms with Crippen molar-refractivity contribution in [3.63, 3.8) is 0 Å². The molecule has 1 aromatic carbocycles. The van der Waals surface area contributed by atoms with Gasteiger partial charge in [0.1, 0.15) is 0 Å². The highest BCUT2D eigenvalue weighted by atomic mass is 35.5. The Morgan fingerprint density at radius 3 is 2.46 bits per heavy atom. The third kappa shape index (κ3) is 2.16. The van der Waals surface area contributed by atoms with Crippen molar-refractivity contribution in [2.75, 3.05) is 5.88 Å². The van der Waals surface area contributed by atoms with E-state index in [0.717, 1.165) is 12.1 Å². The molecule has 1 aromatic rings. The summed E-state index contributed by atoms with van der Waals surface area (Å²) >= 11 is 5.21. The van der Waals surface area contributed by atoms with Crippen LogP contribution in [0, 0.1) is 29.3 Å². The van der Waals surface area contributed by atoms with Crippen LogP contribution in [0.4, 0.5) is 13.2 Å². The monoisotopic (exact) mass is 204 g/mol. The van der Waals surface area contributed by atoms with Gasteiger partial charge in [-0.1, -0.05) is 11.8 Å². The van der Waals surface area contributed by atoms with E-state index in [0.29, 0.717) is 0 Å². The molecule has 68 valence electrons. The fourth-order valence-corrected chi connectivity index (χ4v) is 0.818. The largest absolute Gasteiger partial charge is 0.204 e. The third-order valence-corrected chi connectivity index (χ3v) is 1.46. The molecule has 13 heavy (non-hydrogen) atoms. The van der Waals surface area contributed by atoms with E-state index in [1.807, 2.05) is 0 Å². The predicted molar refractivity (Wildman–Crippen MR) is 43.9 cm³/mol. The van der Waals surface area contributed by atoms with Gasteiger partial charge in [0.15, 0.2) is 17.5 Å². The molecule has 0 atom stereocenters. The zero-order chi connectivity index (χ0) is 9.84. The average Bonchev–Trinajstić information content (AvgIpc) is 2.13. The van der Waals surface area contributed by atoms with Crippen LogP contribution < -0.4 is 0 Å². The van der Waals surface area contributed by atoms with Crippen molar-refractivity contribution < 1.29 is 13.2 Å². The SMILES string of the molecule is Fc1ccc(C#CCCl)c(F)c1F. The molecule has 0 spiro atoms. The quantitative estimate of drug-likeness (QED) is 0.346. The highest BCUT2D eigenvalue weighted by molar-refractivity contribution is 6.19. The van der Waals surface area contributed by atoms with E-state index in [4.69, 9.17) is 11.6 Å². The molecule has 0 nitrogen and oxygen atoms in total. The maximum absolute atomic E-state index is 12.8. The molecule has 0 radical (unpaired) electrons. The highest BCUT2D eigenvalue weighted by Gasteiger charge is 2.11. The fourth-order valence-electron chi connectivity index (χ4n) is 0.751. The third-order valence-electron chi connectivity index (χ3n) is 1.33. The molecule has 0 heterocycles. The molecule has 1 rings (SSSR count). The number of hydrogen-bond acceptors (Lipinski definition) is 0. The molecule has 0 aliphatic rings. The van der Waals surface area contributed by atoms with Gasteiger partial charge in [-0.3, -0.25) is 0 Å². The number of alkyl halides is 1. The van der Waals surface area contributed by atoms with Crippen LogP contribution in [0.15, 0.2) is 12.1 Å². The van der Waals surface area contributed by atoms with Crippen molar-refractivity contribution in [1.82, 2.24) is 0 Å². The molecular weight excluding hydrogens is 201 g/mol. The lowest BCUT2D eigenvalue weighted by atomic mass is 10.2. The Hall–Kier alpha value is -1.14. The lowest BCUT2D eigenvalue weighted by molar-refractivity contribution is 0.446. The minimum atomic E-state index is -1.51. The lowest BCUT2D eigenvalue weighted by Gasteiger charge is -1.96. The van der Waals surface area contributed by atoms with Crippen LogP contribution in [0.2, 0.25) is 0 Å². The summed E-state index contributed by atoms with van der Waals surface area (Å²) in [5.74, 6) is 0.597. The summed E-state index contributed by atoms with van der Waals surface area (Å²) in [5.41, 5.74) is -0.195. The molecule has 0 amide bonds. The molecule has 0 saturated heterocycles. The highest BCUT2D eigenvalue weighted by Crippen LogP contribution is 2.13. The molecule has 0 bridgehead atoms. The molecule has 0 saturated carbocycles. The Morgan fingerprint density at radius 2 is 1.85 bits per heavy atom. The average molecular weight is 205 g/mol. The minimum absolute atomic E-state index is 0.0123. The molecule has 0 fully saturated rings. The molecule has 0 aliphatic heterocycles. The van der Waals surface area contributed by atoms with Gasteiger partial charge in [-0.05, 0) is 12.1 Å². The van der Waals surface area contributed by atoms with E-state index in [9.17, 15) is 13.2 Å². The topological polar surface area (TPSA) is 0 Å². The first-order chi connectivity index (χ1) is 6.16. The molecule has 0 unspecified atom stereocenters. The fraction of sp³-hybridized carbons (Fsp3) is 0.111. The van der Waals surface area contributed by atoms with Crippen LogP contribution in [0.3, 0.4) is 0 Å². The summed E-state index contributed by atoms with van der Waals surface area (Å²) in [6, 6.07) is 1.88. The van der Waals surface area contributed by atoms with E-state index < -0.39 is 17.5 Å². The van der Waals surface area contributed by atoms with Crippen LogP contribution >= 0.6 is 11.6 Å². The van der Waals surface area contributed by atoms with Gasteiger partial charge in [0.05, 0.1) is 11.4 Å². The van der Waals surface area contributed by atoms with Gasteiger partial charge in [0, 0.05) is 0 Å². The zero-order valence-electron chi connectivity index (χ0n) is 6.37.